The van der Waals surface area contributed by atoms with Crippen molar-refractivity contribution in [2.45, 2.75) is 11.8 Å². The zero-order valence-electron chi connectivity index (χ0n) is 8.19. The van der Waals surface area contributed by atoms with E-state index in [1.165, 1.54) is 12.1 Å². The first-order valence-corrected chi connectivity index (χ1v) is 5.73. The summed E-state index contributed by atoms with van der Waals surface area (Å²) in [6, 6.07) is 4.41. The van der Waals surface area contributed by atoms with Gasteiger partial charge in [-0.05, 0) is 30.7 Å². The van der Waals surface area contributed by atoms with E-state index >= 15 is 0 Å². The van der Waals surface area contributed by atoms with Crippen molar-refractivity contribution < 1.29 is 13.5 Å². The van der Waals surface area contributed by atoms with Gasteiger partial charge in [-0.15, -0.1) is 0 Å². The first-order valence-electron chi connectivity index (χ1n) is 4.18. The minimum atomic E-state index is -3.66. The molecule has 0 radical (unpaired) electrons. The molecule has 0 saturated carbocycles. The van der Waals surface area contributed by atoms with E-state index < -0.39 is 10.0 Å². The Kier molecular flexibility index (Phi) is 3.48. The molecule has 3 N–H and O–H groups in total. The van der Waals surface area contributed by atoms with Crippen LogP contribution in [0, 0.1) is 18.8 Å². The maximum Gasteiger partial charge on any atom is 0.238 e. The summed E-state index contributed by atoms with van der Waals surface area (Å²) in [5.41, 5.74) is 1.39. The number of aliphatic hydroxyl groups excluding tert-OH is 1. The number of primary sulfonamides is 1. The van der Waals surface area contributed by atoms with E-state index in [2.05, 4.69) is 11.8 Å². The van der Waals surface area contributed by atoms with E-state index in [4.69, 9.17) is 10.2 Å². The lowest BCUT2D eigenvalue weighted by Crippen LogP contribution is -2.12. The van der Waals surface area contributed by atoms with E-state index in [0.717, 1.165) is 0 Å². The van der Waals surface area contributed by atoms with Crippen molar-refractivity contribution >= 4 is 10.0 Å². The minimum absolute atomic E-state index is 0.0644. The third kappa shape index (κ3) is 3.06. The van der Waals surface area contributed by atoms with Gasteiger partial charge in [-0.25, -0.2) is 13.6 Å². The highest BCUT2D eigenvalue weighted by Crippen LogP contribution is 2.13. The predicted octanol–water partition coefficient (Wildman–Crippen LogP) is -0.0138. The Balaban J connectivity index is 3.21. The quantitative estimate of drug-likeness (QED) is 0.659. The van der Waals surface area contributed by atoms with Gasteiger partial charge in [-0.2, -0.15) is 0 Å². The molecule has 0 bridgehead atoms. The summed E-state index contributed by atoms with van der Waals surface area (Å²) in [4.78, 5) is 0.0644. The first-order chi connectivity index (χ1) is 6.95. The van der Waals surface area contributed by atoms with Crippen molar-refractivity contribution in [3.63, 3.8) is 0 Å². The summed E-state index contributed by atoms with van der Waals surface area (Å²) in [7, 11) is -3.66. The Labute approximate surface area is 88.8 Å². The van der Waals surface area contributed by atoms with Gasteiger partial charge in [0.1, 0.15) is 6.61 Å². The van der Waals surface area contributed by atoms with Crippen molar-refractivity contribution in [2.75, 3.05) is 6.61 Å². The van der Waals surface area contributed by atoms with E-state index in [9.17, 15) is 8.42 Å². The van der Waals surface area contributed by atoms with Gasteiger partial charge in [0.2, 0.25) is 10.0 Å². The zero-order valence-corrected chi connectivity index (χ0v) is 9.00. The summed E-state index contributed by atoms with van der Waals surface area (Å²) in [6.07, 6.45) is 0. The molecule has 0 fully saturated rings. The molecule has 0 aromatic heterocycles. The van der Waals surface area contributed by atoms with Crippen LogP contribution in [0.2, 0.25) is 0 Å². The Hall–Kier alpha value is -1.35. The molecule has 0 heterocycles. The second-order valence-corrected chi connectivity index (χ2v) is 4.54. The fraction of sp³-hybridized carbons (Fsp3) is 0.200. The lowest BCUT2D eigenvalue weighted by Gasteiger charge is -2.01. The van der Waals surface area contributed by atoms with Crippen LogP contribution in [0.25, 0.3) is 0 Å². The zero-order chi connectivity index (χ0) is 11.5. The van der Waals surface area contributed by atoms with E-state index in [0.29, 0.717) is 11.1 Å². The lowest BCUT2D eigenvalue weighted by molar-refractivity contribution is 0.350. The Morgan fingerprint density at radius 3 is 2.60 bits per heavy atom. The van der Waals surface area contributed by atoms with Crippen LogP contribution in [-0.4, -0.2) is 20.1 Å². The molecule has 0 atom stereocenters. The second-order valence-electron chi connectivity index (χ2n) is 2.98. The number of aliphatic hydroxyl groups is 1. The number of aryl methyl sites for hydroxylation is 1. The monoisotopic (exact) mass is 225 g/mol. The Morgan fingerprint density at radius 1 is 1.47 bits per heavy atom. The molecule has 1 rings (SSSR count). The van der Waals surface area contributed by atoms with E-state index in [1.807, 2.05) is 0 Å². The normalized spacial score (nSPS) is 10.6. The van der Waals surface area contributed by atoms with Crippen LogP contribution in [0.15, 0.2) is 23.1 Å². The first kappa shape index (κ1) is 11.7. The molecule has 0 aliphatic heterocycles. The standard InChI is InChI=1S/C10H11NO3S/c1-8-7-10(15(11,13)14)5-4-9(8)3-2-6-12/h4-5,7,12H,6H2,1H3,(H2,11,13,14). The molecule has 0 amide bonds. The molecule has 4 nitrogen and oxygen atoms in total. The molecule has 15 heavy (non-hydrogen) atoms. The maximum atomic E-state index is 11.0. The molecule has 5 heteroatoms. The number of hydrogen-bond acceptors (Lipinski definition) is 3. The highest BCUT2D eigenvalue weighted by Gasteiger charge is 2.08. The van der Waals surface area contributed by atoms with Gasteiger partial charge in [0, 0.05) is 5.56 Å². The highest BCUT2D eigenvalue weighted by molar-refractivity contribution is 7.89. The van der Waals surface area contributed by atoms with Crippen LogP contribution < -0.4 is 5.14 Å². The van der Waals surface area contributed by atoms with Crippen LogP contribution in [-0.2, 0) is 10.0 Å². The van der Waals surface area contributed by atoms with E-state index in [-0.39, 0.29) is 11.5 Å². The van der Waals surface area contributed by atoms with Gasteiger partial charge < -0.3 is 5.11 Å². The van der Waals surface area contributed by atoms with Gasteiger partial charge >= 0.3 is 0 Å². The maximum absolute atomic E-state index is 11.0. The Bertz CT molecular complexity index is 523. The smallest absolute Gasteiger partial charge is 0.238 e. The summed E-state index contributed by atoms with van der Waals surface area (Å²) >= 11 is 0. The van der Waals surface area contributed by atoms with Gasteiger partial charge in [-0.1, -0.05) is 11.8 Å². The molecule has 0 aliphatic carbocycles. The molecule has 80 valence electrons. The largest absolute Gasteiger partial charge is 0.384 e. The van der Waals surface area contributed by atoms with Crippen molar-refractivity contribution in [3.8, 4) is 11.8 Å². The average molecular weight is 225 g/mol. The highest BCUT2D eigenvalue weighted by atomic mass is 32.2. The average Bonchev–Trinajstić information content (AvgIpc) is 2.14. The number of nitrogens with two attached hydrogens (primary N) is 1. The molecule has 0 aliphatic rings. The summed E-state index contributed by atoms with van der Waals surface area (Å²) in [5.74, 6) is 5.19. The third-order valence-electron chi connectivity index (χ3n) is 1.83. The fourth-order valence-corrected chi connectivity index (χ4v) is 1.69. The van der Waals surface area contributed by atoms with Crippen molar-refractivity contribution in [2.24, 2.45) is 5.14 Å². The topological polar surface area (TPSA) is 80.4 Å². The molecule has 1 aromatic rings. The number of hydrogen-bond donors (Lipinski definition) is 2. The molecule has 0 unspecified atom stereocenters. The van der Waals surface area contributed by atoms with Gasteiger partial charge in [0.15, 0.2) is 0 Å². The van der Waals surface area contributed by atoms with Gasteiger partial charge in [0.05, 0.1) is 4.90 Å². The van der Waals surface area contributed by atoms with Crippen molar-refractivity contribution in [1.29, 1.82) is 0 Å². The Morgan fingerprint density at radius 2 is 2.13 bits per heavy atom. The molecular weight excluding hydrogens is 214 g/mol. The SMILES string of the molecule is Cc1cc(S(N)(=O)=O)ccc1C#CCO. The molecule has 0 saturated heterocycles. The van der Waals surface area contributed by atoms with Crippen LogP contribution in [0.4, 0.5) is 0 Å². The van der Waals surface area contributed by atoms with Crippen LogP contribution in [0.1, 0.15) is 11.1 Å². The molecular formula is C10H11NO3S. The fourth-order valence-electron chi connectivity index (χ4n) is 1.09. The van der Waals surface area contributed by atoms with Gasteiger partial charge in [-0.3, -0.25) is 0 Å². The third-order valence-corrected chi connectivity index (χ3v) is 2.74. The van der Waals surface area contributed by atoms with Gasteiger partial charge in [0.25, 0.3) is 0 Å². The number of sulfonamides is 1. The van der Waals surface area contributed by atoms with Crippen LogP contribution in [0.3, 0.4) is 0 Å². The van der Waals surface area contributed by atoms with E-state index in [1.54, 1.807) is 13.0 Å². The summed E-state index contributed by atoms with van der Waals surface area (Å²) in [6.45, 7) is 1.51. The predicted molar refractivity (Wildman–Crippen MR) is 56.5 cm³/mol. The number of benzene rings is 1. The number of rotatable bonds is 1. The van der Waals surface area contributed by atoms with Crippen molar-refractivity contribution in [1.82, 2.24) is 0 Å². The summed E-state index contributed by atoms with van der Waals surface area (Å²) < 4.78 is 22.0. The second kappa shape index (κ2) is 4.45. The minimum Gasteiger partial charge on any atom is -0.384 e. The van der Waals surface area contributed by atoms with Crippen molar-refractivity contribution in [3.05, 3.63) is 29.3 Å². The lowest BCUT2D eigenvalue weighted by atomic mass is 10.1. The van der Waals surface area contributed by atoms with Crippen LogP contribution in [0.5, 0.6) is 0 Å². The molecule has 0 spiro atoms. The van der Waals surface area contributed by atoms with Crippen LogP contribution >= 0.6 is 0 Å². The summed E-state index contributed by atoms with van der Waals surface area (Å²) in [5, 5.41) is 13.5. The molecule has 1 aromatic carbocycles.